The molecule has 0 aromatic rings. The SMILES string of the molecule is CCCCCCCCCCCCOCC(COCCCCCCCCCCCC)OCC(=O)NCCCCC(C(=O)O)N(CC(=O)O)CC(=O)O. The Kier molecular flexibility index (Phi) is 34.5. The van der Waals surface area contributed by atoms with Gasteiger partial charge in [0.2, 0.25) is 5.91 Å². The quantitative estimate of drug-likeness (QED) is 0.0461. The molecule has 1 unspecified atom stereocenters. The third kappa shape index (κ3) is 33.3. The highest BCUT2D eigenvalue weighted by Crippen LogP contribution is 2.13. The molecule has 1 atom stereocenters. The van der Waals surface area contributed by atoms with E-state index in [1.165, 1.54) is 103 Å². The van der Waals surface area contributed by atoms with Crippen LogP contribution in [0.3, 0.4) is 0 Å². The van der Waals surface area contributed by atoms with Gasteiger partial charge in [0.1, 0.15) is 18.8 Å². The molecule has 0 saturated carbocycles. The van der Waals surface area contributed by atoms with E-state index in [1.807, 2.05) is 0 Å². The standard InChI is InChI=1S/C39H74N2O10/c1-3-5-7-9-11-13-15-17-19-23-27-49-31-34(32-50-28-24-20-18-16-14-12-10-8-6-4-2)51-33-36(42)40-26-22-21-25-35(39(47)48)41(29-37(43)44)30-38(45)46/h34-35H,3-33H2,1-2H3,(H,40,42)(H,43,44)(H,45,46)(H,47,48). The third-order valence-electron chi connectivity index (χ3n) is 8.97. The molecule has 0 spiro atoms. The van der Waals surface area contributed by atoms with Crippen molar-refractivity contribution in [3.63, 3.8) is 0 Å². The van der Waals surface area contributed by atoms with Crippen LogP contribution in [0.5, 0.6) is 0 Å². The predicted octanol–water partition coefficient (Wildman–Crippen LogP) is 7.46. The highest BCUT2D eigenvalue weighted by molar-refractivity contribution is 5.78. The van der Waals surface area contributed by atoms with Gasteiger partial charge in [0.25, 0.3) is 0 Å². The molecule has 4 N–H and O–H groups in total. The predicted molar refractivity (Wildman–Crippen MR) is 200 cm³/mol. The van der Waals surface area contributed by atoms with Gasteiger partial charge in [0.05, 0.1) is 26.3 Å². The first-order valence-electron chi connectivity index (χ1n) is 20.1. The van der Waals surface area contributed by atoms with Gasteiger partial charge < -0.3 is 34.8 Å². The molecule has 0 fully saturated rings. The van der Waals surface area contributed by atoms with Crippen molar-refractivity contribution in [1.29, 1.82) is 0 Å². The maximum atomic E-state index is 12.5. The minimum absolute atomic E-state index is 0.0527. The second-order valence-electron chi connectivity index (χ2n) is 13.8. The third-order valence-corrected chi connectivity index (χ3v) is 8.97. The Bertz CT molecular complexity index is 816. The van der Waals surface area contributed by atoms with Gasteiger partial charge in [-0.2, -0.15) is 0 Å². The lowest BCUT2D eigenvalue weighted by Crippen LogP contribution is -2.46. The summed E-state index contributed by atoms with van der Waals surface area (Å²) in [6, 6.07) is -1.25. The Morgan fingerprint density at radius 3 is 1.37 bits per heavy atom. The highest BCUT2D eigenvalue weighted by Gasteiger charge is 2.28. The normalized spacial score (nSPS) is 12.1. The molecule has 0 aliphatic rings. The van der Waals surface area contributed by atoms with Crippen molar-refractivity contribution < 1.29 is 48.7 Å². The number of carboxylic acids is 3. The largest absolute Gasteiger partial charge is 0.480 e. The zero-order chi connectivity index (χ0) is 37.8. The number of amides is 1. The summed E-state index contributed by atoms with van der Waals surface area (Å²) in [6.45, 7) is 5.22. The van der Waals surface area contributed by atoms with Crippen molar-refractivity contribution in [2.45, 2.75) is 174 Å². The van der Waals surface area contributed by atoms with Gasteiger partial charge in [-0.25, -0.2) is 0 Å². The molecule has 0 aromatic carbocycles. The van der Waals surface area contributed by atoms with Gasteiger partial charge in [-0.05, 0) is 32.1 Å². The Morgan fingerprint density at radius 2 is 0.980 bits per heavy atom. The average Bonchev–Trinajstić information content (AvgIpc) is 3.08. The lowest BCUT2D eigenvalue weighted by Gasteiger charge is -2.25. The topological polar surface area (TPSA) is 172 Å². The van der Waals surface area contributed by atoms with E-state index in [4.69, 9.17) is 24.4 Å². The van der Waals surface area contributed by atoms with E-state index in [9.17, 15) is 24.3 Å². The van der Waals surface area contributed by atoms with Crippen molar-refractivity contribution in [2.75, 3.05) is 52.7 Å². The van der Waals surface area contributed by atoms with Crippen molar-refractivity contribution in [3.05, 3.63) is 0 Å². The molecule has 0 aliphatic heterocycles. The van der Waals surface area contributed by atoms with Crippen LogP contribution in [0.2, 0.25) is 0 Å². The van der Waals surface area contributed by atoms with Crippen LogP contribution < -0.4 is 5.32 Å². The number of rotatable bonds is 40. The Hall–Kier alpha value is -2.28. The van der Waals surface area contributed by atoms with E-state index in [0.29, 0.717) is 39.3 Å². The number of carbonyl (C=O) groups is 4. The summed E-state index contributed by atoms with van der Waals surface area (Å²) in [5.74, 6) is -4.20. The number of nitrogens with zero attached hydrogens (tertiary/aromatic N) is 1. The van der Waals surface area contributed by atoms with Gasteiger partial charge in [0, 0.05) is 19.8 Å². The Morgan fingerprint density at radius 1 is 0.569 bits per heavy atom. The summed E-state index contributed by atoms with van der Waals surface area (Å²) in [5, 5.41) is 30.4. The van der Waals surface area contributed by atoms with Gasteiger partial charge >= 0.3 is 17.9 Å². The van der Waals surface area contributed by atoms with E-state index in [0.717, 1.165) is 30.6 Å². The Labute approximate surface area is 308 Å². The molecule has 51 heavy (non-hydrogen) atoms. The molecule has 0 aromatic heterocycles. The van der Waals surface area contributed by atoms with E-state index >= 15 is 0 Å². The summed E-state index contributed by atoms with van der Waals surface area (Å²) >= 11 is 0. The number of aliphatic carboxylic acids is 3. The molecule has 12 nitrogen and oxygen atoms in total. The molecule has 1 amide bonds. The minimum Gasteiger partial charge on any atom is -0.480 e. The van der Waals surface area contributed by atoms with Crippen molar-refractivity contribution in [3.8, 4) is 0 Å². The maximum absolute atomic E-state index is 12.5. The first kappa shape index (κ1) is 48.7. The van der Waals surface area contributed by atoms with Crippen LogP contribution in [-0.4, -0.2) is 109 Å². The fraction of sp³-hybridized carbons (Fsp3) is 0.897. The van der Waals surface area contributed by atoms with Crippen LogP contribution in [0.25, 0.3) is 0 Å². The zero-order valence-corrected chi connectivity index (χ0v) is 32.2. The number of ether oxygens (including phenoxy) is 3. The van der Waals surface area contributed by atoms with Crippen molar-refractivity contribution >= 4 is 23.8 Å². The summed E-state index contributed by atoms with van der Waals surface area (Å²) < 4.78 is 17.7. The van der Waals surface area contributed by atoms with E-state index in [1.54, 1.807) is 0 Å². The van der Waals surface area contributed by atoms with Gasteiger partial charge in [-0.3, -0.25) is 24.1 Å². The van der Waals surface area contributed by atoms with E-state index in [2.05, 4.69) is 19.2 Å². The molecule has 300 valence electrons. The number of carbonyl (C=O) groups excluding carboxylic acids is 1. The molecule has 0 rings (SSSR count). The first-order chi connectivity index (χ1) is 24.7. The monoisotopic (exact) mass is 731 g/mol. The summed E-state index contributed by atoms with van der Waals surface area (Å²) in [4.78, 5) is 47.3. The number of hydrogen-bond acceptors (Lipinski definition) is 8. The smallest absolute Gasteiger partial charge is 0.320 e. The van der Waals surface area contributed by atoms with Crippen LogP contribution in [0.1, 0.15) is 162 Å². The number of unbranched alkanes of at least 4 members (excludes halogenated alkanes) is 19. The molecular weight excluding hydrogens is 656 g/mol. The van der Waals surface area contributed by atoms with Gasteiger partial charge in [0.15, 0.2) is 0 Å². The molecule has 0 saturated heterocycles. The summed E-state index contributed by atoms with van der Waals surface area (Å²) in [6.07, 6.45) is 25.6. The van der Waals surface area contributed by atoms with Crippen LogP contribution in [0, 0.1) is 0 Å². The summed E-state index contributed by atoms with van der Waals surface area (Å²) in [7, 11) is 0. The lowest BCUT2D eigenvalue weighted by molar-refractivity contribution is -0.149. The van der Waals surface area contributed by atoms with Crippen LogP contribution in [0.4, 0.5) is 0 Å². The fourth-order valence-corrected chi connectivity index (χ4v) is 5.98. The minimum atomic E-state index is -1.30. The fourth-order valence-electron chi connectivity index (χ4n) is 5.98. The van der Waals surface area contributed by atoms with Gasteiger partial charge in [-0.1, -0.05) is 129 Å². The van der Waals surface area contributed by atoms with Crippen LogP contribution in [-0.2, 0) is 33.4 Å². The van der Waals surface area contributed by atoms with Crippen LogP contribution >= 0.6 is 0 Å². The molecule has 12 heteroatoms. The van der Waals surface area contributed by atoms with Crippen molar-refractivity contribution in [2.24, 2.45) is 0 Å². The highest BCUT2D eigenvalue weighted by atomic mass is 16.6. The summed E-state index contributed by atoms with van der Waals surface area (Å²) in [5.41, 5.74) is 0. The molecule has 0 aliphatic carbocycles. The van der Waals surface area contributed by atoms with Crippen LogP contribution in [0.15, 0.2) is 0 Å². The average molecular weight is 731 g/mol. The number of carboxylic acid groups (broad SMARTS) is 3. The number of nitrogens with one attached hydrogen (secondary N) is 1. The zero-order valence-electron chi connectivity index (χ0n) is 32.2. The maximum Gasteiger partial charge on any atom is 0.320 e. The second kappa shape index (κ2) is 36.1. The Balaban J connectivity index is 4.47. The lowest BCUT2D eigenvalue weighted by atomic mass is 10.1. The van der Waals surface area contributed by atoms with E-state index < -0.39 is 37.0 Å². The van der Waals surface area contributed by atoms with Crippen molar-refractivity contribution in [1.82, 2.24) is 10.2 Å². The number of hydrogen-bond donors (Lipinski definition) is 4. The molecule has 0 bridgehead atoms. The van der Waals surface area contributed by atoms with E-state index in [-0.39, 0.29) is 31.6 Å². The molecule has 0 radical (unpaired) electrons. The first-order valence-corrected chi connectivity index (χ1v) is 20.1. The molecular formula is C39H74N2O10. The second-order valence-corrected chi connectivity index (χ2v) is 13.8. The molecule has 0 heterocycles. The van der Waals surface area contributed by atoms with Gasteiger partial charge in [-0.15, -0.1) is 0 Å².